The van der Waals surface area contributed by atoms with Crippen LogP contribution in [0.2, 0.25) is 0 Å². The zero-order valence-corrected chi connectivity index (χ0v) is 25.8. The van der Waals surface area contributed by atoms with Crippen LogP contribution in [0.5, 0.6) is 0 Å². The minimum Gasteiger partial charge on any atom is -0.479 e. The molecule has 1 atom stereocenters. The second-order valence-corrected chi connectivity index (χ2v) is 13.4. The predicted molar refractivity (Wildman–Crippen MR) is 162 cm³/mol. The molecule has 224 valence electrons. The molecule has 1 saturated heterocycles. The van der Waals surface area contributed by atoms with Crippen molar-refractivity contribution in [2.45, 2.75) is 86.0 Å². The number of ether oxygens (including phenoxy) is 1. The number of aliphatic carboxylic acids is 1. The monoisotopic (exact) mass is 575 g/mol. The number of pyridine rings is 1. The molecule has 0 amide bonds. The van der Waals surface area contributed by atoms with Crippen LogP contribution in [0.15, 0.2) is 30.6 Å². The van der Waals surface area contributed by atoms with Crippen LogP contribution in [-0.4, -0.2) is 51.3 Å². The van der Waals surface area contributed by atoms with Crippen molar-refractivity contribution in [3.63, 3.8) is 0 Å². The highest BCUT2D eigenvalue weighted by atomic mass is 19.1. The van der Waals surface area contributed by atoms with Crippen molar-refractivity contribution in [1.82, 2.24) is 15.0 Å². The van der Waals surface area contributed by atoms with Gasteiger partial charge in [0.15, 0.2) is 11.9 Å². The van der Waals surface area contributed by atoms with Gasteiger partial charge in [0, 0.05) is 48.7 Å². The molecule has 0 bridgehead atoms. The van der Waals surface area contributed by atoms with E-state index in [0.717, 1.165) is 60.4 Å². The molecule has 9 heteroatoms. The number of hydrogen-bond donors (Lipinski definition) is 1. The topological polar surface area (TPSA) is 91.7 Å². The summed E-state index contributed by atoms with van der Waals surface area (Å²) in [5.74, 6) is -0.951. The molecule has 2 aromatic heterocycles. The number of aryl methyl sites for hydroxylation is 2. The van der Waals surface area contributed by atoms with Gasteiger partial charge >= 0.3 is 5.97 Å². The largest absolute Gasteiger partial charge is 0.479 e. The highest BCUT2D eigenvalue weighted by Crippen LogP contribution is 2.45. The van der Waals surface area contributed by atoms with Crippen molar-refractivity contribution in [3.8, 4) is 11.1 Å². The molecule has 0 radical (unpaired) electrons. The van der Waals surface area contributed by atoms with E-state index < -0.39 is 23.5 Å². The van der Waals surface area contributed by atoms with E-state index in [9.17, 15) is 14.3 Å². The lowest BCUT2D eigenvalue weighted by atomic mass is 9.81. The number of nitrogens with zero attached hydrogens (tertiary/aromatic N) is 5. The van der Waals surface area contributed by atoms with Gasteiger partial charge in [0.2, 0.25) is 5.95 Å². The van der Waals surface area contributed by atoms with Gasteiger partial charge in [-0.2, -0.15) is 0 Å². The molecule has 1 fully saturated rings. The molecule has 0 aliphatic carbocycles. The number of anilines is 2. The van der Waals surface area contributed by atoms with E-state index in [0.29, 0.717) is 30.3 Å². The fourth-order valence-corrected chi connectivity index (χ4v) is 6.10. The lowest BCUT2D eigenvalue weighted by Gasteiger charge is -2.41. The van der Waals surface area contributed by atoms with E-state index in [2.05, 4.69) is 51.8 Å². The van der Waals surface area contributed by atoms with Gasteiger partial charge < -0.3 is 19.6 Å². The average molecular weight is 576 g/mol. The van der Waals surface area contributed by atoms with Crippen molar-refractivity contribution in [2.75, 3.05) is 29.4 Å². The number of carboxylic acid groups (broad SMARTS) is 1. The van der Waals surface area contributed by atoms with Crippen LogP contribution in [0, 0.1) is 25.1 Å². The summed E-state index contributed by atoms with van der Waals surface area (Å²) in [5, 5.41) is 10.4. The van der Waals surface area contributed by atoms with E-state index in [1.165, 1.54) is 18.0 Å². The maximum atomic E-state index is 13.4. The molecule has 2 aliphatic heterocycles. The van der Waals surface area contributed by atoms with E-state index in [1.807, 2.05) is 34.6 Å². The van der Waals surface area contributed by atoms with E-state index in [1.54, 1.807) is 0 Å². The molecule has 0 unspecified atom stereocenters. The molecule has 8 nitrogen and oxygen atoms in total. The Morgan fingerprint density at radius 3 is 2.31 bits per heavy atom. The first-order valence-corrected chi connectivity index (χ1v) is 14.7. The van der Waals surface area contributed by atoms with Gasteiger partial charge in [-0.3, -0.25) is 4.98 Å². The minimum absolute atomic E-state index is 0.230. The van der Waals surface area contributed by atoms with Gasteiger partial charge in [-0.05, 0) is 76.0 Å². The summed E-state index contributed by atoms with van der Waals surface area (Å²) in [6.45, 7) is 17.1. The minimum atomic E-state index is -1.15. The first-order chi connectivity index (χ1) is 19.7. The van der Waals surface area contributed by atoms with Crippen molar-refractivity contribution < 1.29 is 19.0 Å². The van der Waals surface area contributed by atoms with Crippen LogP contribution in [0.1, 0.15) is 81.6 Å². The molecule has 2 aliphatic rings. The third-order valence-electron chi connectivity index (χ3n) is 8.37. The molecule has 5 rings (SSSR count). The van der Waals surface area contributed by atoms with E-state index in [4.69, 9.17) is 9.72 Å². The summed E-state index contributed by atoms with van der Waals surface area (Å²) in [4.78, 5) is 30.4. The summed E-state index contributed by atoms with van der Waals surface area (Å²) in [6.07, 6.45) is 4.05. The van der Waals surface area contributed by atoms with Crippen molar-refractivity contribution in [1.29, 1.82) is 0 Å². The number of fused-ring (bicyclic) bond motifs is 1. The average Bonchev–Trinajstić information content (AvgIpc) is 2.91. The maximum Gasteiger partial charge on any atom is 0.337 e. The normalized spacial score (nSPS) is 17.6. The molecule has 3 aromatic rings. The first kappa shape index (κ1) is 29.9. The third kappa shape index (κ3) is 6.26. The number of piperidine rings is 1. The van der Waals surface area contributed by atoms with Crippen LogP contribution in [0.25, 0.3) is 11.1 Å². The Hall–Kier alpha value is -3.59. The summed E-state index contributed by atoms with van der Waals surface area (Å²) in [7, 11) is 0. The number of hydrogen-bond acceptors (Lipinski definition) is 7. The third-order valence-corrected chi connectivity index (χ3v) is 8.37. The number of halogens is 1. The van der Waals surface area contributed by atoms with Crippen molar-refractivity contribution in [3.05, 3.63) is 64.5 Å². The fraction of sp³-hybridized carbons (Fsp3) is 0.515. The number of carbonyl (C=O) groups is 1. The molecular weight excluding hydrogens is 533 g/mol. The fourth-order valence-electron chi connectivity index (χ4n) is 6.10. The molecule has 42 heavy (non-hydrogen) atoms. The van der Waals surface area contributed by atoms with E-state index >= 15 is 0 Å². The van der Waals surface area contributed by atoms with Crippen molar-refractivity contribution in [2.24, 2.45) is 5.41 Å². The summed E-state index contributed by atoms with van der Waals surface area (Å²) in [6, 6.07) is 6.45. The zero-order valence-electron chi connectivity index (χ0n) is 25.8. The van der Waals surface area contributed by atoms with Gasteiger partial charge in [0.05, 0.1) is 23.7 Å². The van der Waals surface area contributed by atoms with E-state index in [-0.39, 0.29) is 5.41 Å². The second kappa shape index (κ2) is 11.2. The van der Waals surface area contributed by atoms with Gasteiger partial charge in [0.25, 0.3) is 0 Å². The summed E-state index contributed by atoms with van der Waals surface area (Å²) < 4.78 is 19.6. The second-order valence-electron chi connectivity index (χ2n) is 13.4. The molecule has 0 spiro atoms. The van der Waals surface area contributed by atoms with Crippen LogP contribution in [0.3, 0.4) is 0 Å². The molecular formula is C33H42FN5O3. The summed E-state index contributed by atoms with van der Waals surface area (Å²) >= 11 is 0. The lowest BCUT2D eigenvalue weighted by molar-refractivity contribution is -0.160. The number of carboxylic acids is 1. The predicted octanol–water partition coefficient (Wildman–Crippen LogP) is 6.42. The van der Waals surface area contributed by atoms with Gasteiger partial charge in [0.1, 0.15) is 0 Å². The molecule has 1 N–H and O–H groups in total. The first-order valence-electron chi connectivity index (χ1n) is 14.7. The SMILES string of the molecule is Cc1nc(C)c([C@H](OC(C)(C)C)C(=O)O)c(N2CCC(C)(C)CC2)c1-c1ccc2c(c1)CCN(c1ncc(F)cn1)C2. The number of benzene rings is 1. The Bertz CT molecular complexity index is 1470. The number of aromatic nitrogens is 3. The van der Waals surface area contributed by atoms with Gasteiger partial charge in [-0.1, -0.05) is 32.0 Å². The van der Waals surface area contributed by atoms with Gasteiger partial charge in [-0.15, -0.1) is 0 Å². The zero-order chi connectivity index (χ0) is 30.4. The Balaban J connectivity index is 1.61. The smallest absolute Gasteiger partial charge is 0.337 e. The van der Waals surface area contributed by atoms with Crippen LogP contribution >= 0.6 is 0 Å². The van der Waals surface area contributed by atoms with Crippen LogP contribution < -0.4 is 9.80 Å². The van der Waals surface area contributed by atoms with Crippen LogP contribution in [-0.2, 0) is 22.5 Å². The van der Waals surface area contributed by atoms with Crippen molar-refractivity contribution >= 4 is 17.6 Å². The Morgan fingerprint density at radius 2 is 1.69 bits per heavy atom. The molecule has 1 aromatic carbocycles. The Kier molecular flexibility index (Phi) is 8.00. The molecule has 4 heterocycles. The Labute approximate surface area is 248 Å². The Morgan fingerprint density at radius 1 is 1.02 bits per heavy atom. The quantitative estimate of drug-likeness (QED) is 0.360. The summed E-state index contributed by atoms with van der Waals surface area (Å²) in [5.41, 5.74) is 7.04. The highest BCUT2D eigenvalue weighted by Gasteiger charge is 2.36. The standard InChI is InChI=1S/C33H42FN5O3/c1-20-26(23-8-9-24-19-39(13-10-22(24)16-23)31-35-17-25(34)18-36-31)28(38-14-11-33(6,7)12-15-38)27(21(2)37-20)29(30(40)41)42-32(3,4)5/h8-9,16-18,29H,10-15,19H2,1-7H3,(H,40,41)/t29-/m0/s1. The highest BCUT2D eigenvalue weighted by molar-refractivity contribution is 5.88. The van der Waals surface area contributed by atoms with Crippen LogP contribution in [0.4, 0.5) is 16.0 Å². The van der Waals surface area contributed by atoms with Gasteiger partial charge in [-0.25, -0.2) is 19.2 Å². The lowest BCUT2D eigenvalue weighted by Crippen LogP contribution is -2.39. The number of rotatable bonds is 6. The molecule has 0 saturated carbocycles. The maximum absolute atomic E-state index is 13.4.